The lowest BCUT2D eigenvalue weighted by atomic mass is 10.1. The maximum atomic E-state index is 12.6. The Bertz CT molecular complexity index is 889. The van der Waals surface area contributed by atoms with Gasteiger partial charge in [0.15, 0.2) is 5.16 Å². The van der Waals surface area contributed by atoms with Gasteiger partial charge in [0.25, 0.3) is 0 Å². The first kappa shape index (κ1) is 22.6. The Kier molecular flexibility index (Phi) is 7.38. The third-order valence-electron chi connectivity index (χ3n) is 4.53. The molecule has 1 aliphatic heterocycles. The minimum Gasteiger partial charge on any atom is -0.350 e. The molecule has 3 rings (SSSR count). The Morgan fingerprint density at radius 3 is 2.60 bits per heavy atom. The number of thioether (sulfide) groups is 1. The summed E-state index contributed by atoms with van der Waals surface area (Å²) >= 11 is 7.42. The van der Waals surface area contributed by atoms with Gasteiger partial charge in [0.1, 0.15) is 6.33 Å². The van der Waals surface area contributed by atoms with Gasteiger partial charge in [-0.1, -0.05) is 29.4 Å². The molecular weight excluding hydrogens is 424 g/mol. The predicted molar refractivity (Wildman–Crippen MR) is 118 cm³/mol. The normalized spacial score (nSPS) is 15.3. The largest absolute Gasteiger partial charge is 0.350 e. The summed E-state index contributed by atoms with van der Waals surface area (Å²) in [7, 11) is 0. The molecule has 162 valence electrons. The second-order valence-corrected chi connectivity index (χ2v) is 9.59. The maximum absolute atomic E-state index is 12.6. The lowest BCUT2D eigenvalue weighted by molar-refractivity contribution is -0.130. The first-order valence-electron chi connectivity index (χ1n) is 9.81. The molecule has 2 aromatic rings. The van der Waals surface area contributed by atoms with Crippen molar-refractivity contribution in [3.05, 3.63) is 35.6 Å². The molecule has 1 N–H and O–H groups in total. The number of rotatable bonds is 6. The molecule has 10 heteroatoms. The maximum Gasteiger partial charge on any atom is 0.234 e. The van der Waals surface area contributed by atoms with Crippen molar-refractivity contribution in [2.75, 3.05) is 38.5 Å². The zero-order valence-electron chi connectivity index (χ0n) is 17.5. The van der Waals surface area contributed by atoms with Crippen LogP contribution >= 0.6 is 23.4 Å². The zero-order chi connectivity index (χ0) is 21.7. The molecule has 1 aliphatic rings. The molecular formula is C20H27ClN6O2S. The van der Waals surface area contributed by atoms with Gasteiger partial charge in [-0.2, -0.15) is 0 Å². The van der Waals surface area contributed by atoms with E-state index in [4.69, 9.17) is 11.6 Å². The number of benzene rings is 1. The highest BCUT2D eigenvalue weighted by atomic mass is 35.5. The first-order chi connectivity index (χ1) is 14.2. The van der Waals surface area contributed by atoms with Gasteiger partial charge >= 0.3 is 0 Å². The summed E-state index contributed by atoms with van der Waals surface area (Å²) in [5.41, 5.74) is 0.613. The monoisotopic (exact) mass is 450 g/mol. The van der Waals surface area contributed by atoms with Gasteiger partial charge in [0.05, 0.1) is 18.0 Å². The van der Waals surface area contributed by atoms with E-state index in [0.29, 0.717) is 42.9 Å². The number of piperazine rings is 1. The van der Waals surface area contributed by atoms with Crippen LogP contribution in [0.1, 0.15) is 20.8 Å². The van der Waals surface area contributed by atoms with E-state index in [0.717, 1.165) is 5.69 Å². The van der Waals surface area contributed by atoms with Crippen LogP contribution in [0.5, 0.6) is 0 Å². The van der Waals surface area contributed by atoms with E-state index in [1.54, 1.807) is 12.4 Å². The molecule has 1 aromatic carbocycles. The average Bonchev–Trinajstić information content (AvgIpc) is 3.14. The second-order valence-electron chi connectivity index (χ2n) is 8.21. The van der Waals surface area contributed by atoms with Crippen molar-refractivity contribution in [3.63, 3.8) is 0 Å². The standard InChI is InChI=1S/C20H27ClN6O2S/c1-20(2,3)23-17(28)12-25-7-9-26(10-8-25)18(29)13-30-19-24-22-14-27(19)16-6-4-5-15(21)11-16/h4-6,11,14H,7-10,12-13H2,1-3H3,(H,23,28). The van der Waals surface area contributed by atoms with Crippen molar-refractivity contribution < 1.29 is 9.59 Å². The second kappa shape index (κ2) is 9.80. The zero-order valence-corrected chi connectivity index (χ0v) is 19.0. The van der Waals surface area contributed by atoms with Crippen molar-refractivity contribution >= 4 is 35.2 Å². The molecule has 1 aromatic heterocycles. The molecule has 1 fully saturated rings. The van der Waals surface area contributed by atoms with Gasteiger partial charge < -0.3 is 10.2 Å². The van der Waals surface area contributed by atoms with Crippen LogP contribution in [0.25, 0.3) is 5.69 Å². The molecule has 0 spiro atoms. The SMILES string of the molecule is CC(C)(C)NC(=O)CN1CCN(C(=O)CSc2nncn2-c2cccc(Cl)c2)CC1. The molecule has 1 saturated heterocycles. The van der Waals surface area contributed by atoms with Crippen molar-refractivity contribution in [1.29, 1.82) is 0 Å². The van der Waals surface area contributed by atoms with E-state index >= 15 is 0 Å². The number of halogens is 1. The summed E-state index contributed by atoms with van der Waals surface area (Å²) in [5, 5.41) is 12.3. The highest BCUT2D eigenvalue weighted by molar-refractivity contribution is 7.99. The molecule has 8 nitrogen and oxygen atoms in total. The number of nitrogens with zero attached hydrogens (tertiary/aromatic N) is 5. The van der Waals surface area contributed by atoms with Gasteiger partial charge in [-0.3, -0.25) is 19.1 Å². The minimum absolute atomic E-state index is 0.0122. The summed E-state index contributed by atoms with van der Waals surface area (Å²) < 4.78 is 1.82. The quantitative estimate of drug-likeness (QED) is 0.678. The Labute approximate surface area is 186 Å². The fraction of sp³-hybridized carbons (Fsp3) is 0.500. The Morgan fingerprint density at radius 1 is 1.20 bits per heavy atom. The van der Waals surface area contributed by atoms with E-state index in [-0.39, 0.29) is 23.1 Å². The van der Waals surface area contributed by atoms with Crippen LogP contribution in [0.2, 0.25) is 5.02 Å². The molecule has 0 radical (unpaired) electrons. The number of hydrogen-bond acceptors (Lipinski definition) is 6. The third-order valence-corrected chi connectivity index (χ3v) is 5.70. The molecule has 0 aliphatic carbocycles. The summed E-state index contributed by atoms with van der Waals surface area (Å²) in [6, 6.07) is 7.40. The topological polar surface area (TPSA) is 83.4 Å². The molecule has 0 atom stereocenters. The van der Waals surface area contributed by atoms with Crippen LogP contribution in [0.4, 0.5) is 0 Å². The fourth-order valence-electron chi connectivity index (χ4n) is 3.16. The van der Waals surface area contributed by atoms with Crippen LogP contribution in [-0.4, -0.2) is 80.4 Å². The van der Waals surface area contributed by atoms with Crippen molar-refractivity contribution in [2.24, 2.45) is 0 Å². The summed E-state index contributed by atoms with van der Waals surface area (Å²) in [4.78, 5) is 28.6. The van der Waals surface area contributed by atoms with Crippen LogP contribution in [0, 0.1) is 0 Å². The smallest absolute Gasteiger partial charge is 0.234 e. The Balaban J connectivity index is 1.47. The van der Waals surface area contributed by atoms with Gasteiger partial charge in [0.2, 0.25) is 11.8 Å². The molecule has 2 heterocycles. The highest BCUT2D eigenvalue weighted by Crippen LogP contribution is 2.22. The Morgan fingerprint density at radius 2 is 1.93 bits per heavy atom. The van der Waals surface area contributed by atoms with Gasteiger partial charge in [-0.05, 0) is 39.0 Å². The number of hydrogen-bond donors (Lipinski definition) is 1. The first-order valence-corrected chi connectivity index (χ1v) is 11.2. The Hall–Kier alpha value is -2.10. The third kappa shape index (κ3) is 6.45. The average molecular weight is 451 g/mol. The molecule has 30 heavy (non-hydrogen) atoms. The van der Waals surface area contributed by atoms with E-state index in [9.17, 15) is 9.59 Å². The van der Waals surface area contributed by atoms with Crippen LogP contribution < -0.4 is 5.32 Å². The molecule has 0 bridgehead atoms. The van der Waals surface area contributed by atoms with E-state index in [1.807, 2.05) is 48.4 Å². The van der Waals surface area contributed by atoms with Crippen molar-refractivity contribution in [2.45, 2.75) is 31.5 Å². The number of carbonyl (C=O) groups is 2. The molecule has 0 unspecified atom stereocenters. The van der Waals surface area contributed by atoms with Gasteiger partial charge in [0, 0.05) is 36.7 Å². The highest BCUT2D eigenvalue weighted by Gasteiger charge is 2.24. The lowest BCUT2D eigenvalue weighted by Crippen LogP contribution is -2.53. The number of nitrogens with one attached hydrogen (secondary N) is 1. The van der Waals surface area contributed by atoms with E-state index in [2.05, 4.69) is 20.4 Å². The van der Waals surface area contributed by atoms with Gasteiger partial charge in [-0.25, -0.2) is 0 Å². The minimum atomic E-state index is -0.238. The molecule has 0 saturated carbocycles. The summed E-state index contributed by atoms with van der Waals surface area (Å²) in [5.74, 6) is 0.349. The van der Waals surface area contributed by atoms with E-state index < -0.39 is 0 Å². The number of aromatic nitrogens is 3. The summed E-state index contributed by atoms with van der Waals surface area (Å²) in [6.07, 6.45) is 1.61. The lowest BCUT2D eigenvalue weighted by Gasteiger charge is -2.34. The van der Waals surface area contributed by atoms with Crippen molar-refractivity contribution in [1.82, 2.24) is 29.9 Å². The van der Waals surface area contributed by atoms with Crippen LogP contribution in [-0.2, 0) is 9.59 Å². The summed E-state index contributed by atoms with van der Waals surface area (Å²) in [6.45, 7) is 8.85. The van der Waals surface area contributed by atoms with Crippen LogP contribution in [0.15, 0.2) is 35.7 Å². The van der Waals surface area contributed by atoms with E-state index in [1.165, 1.54) is 11.8 Å². The van der Waals surface area contributed by atoms with Gasteiger partial charge in [-0.15, -0.1) is 10.2 Å². The fourth-order valence-corrected chi connectivity index (χ4v) is 4.18. The number of amides is 2. The predicted octanol–water partition coefficient (Wildman–Crippen LogP) is 2.07. The number of carbonyl (C=O) groups excluding carboxylic acids is 2. The molecule has 2 amide bonds. The van der Waals surface area contributed by atoms with Crippen LogP contribution in [0.3, 0.4) is 0 Å². The van der Waals surface area contributed by atoms with Crippen molar-refractivity contribution in [3.8, 4) is 5.69 Å².